The predicted molar refractivity (Wildman–Crippen MR) is 122 cm³/mol. The van der Waals surface area contributed by atoms with Crippen molar-refractivity contribution in [2.24, 2.45) is 0 Å². The average Bonchev–Trinajstić information content (AvgIpc) is 3.21. The van der Waals surface area contributed by atoms with Crippen LogP contribution in [-0.2, 0) is 16.1 Å². The molecule has 170 valence electrons. The third-order valence-electron chi connectivity index (χ3n) is 4.53. The van der Waals surface area contributed by atoms with Gasteiger partial charge in [-0.2, -0.15) is 0 Å². The van der Waals surface area contributed by atoms with E-state index in [9.17, 15) is 9.18 Å². The van der Waals surface area contributed by atoms with Gasteiger partial charge < -0.3 is 14.8 Å². The second-order valence-corrected chi connectivity index (χ2v) is 8.20. The van der Waals surface area contributed by atoms with Crippen LogP contribution in [0.2, 0.25) is 0 Å². The molecule has 2 aromatic carbocycles. The number of hydrogen-bond acceptors (Lipinski definition) is 6. The second-order valence-electron chi connectivity index (χ2n) is 6.89. The van der Waals surface area contributed by atoms with Crippen LogP contribution in [-0.4, -0.2) is 45.7 Å². The third-order valence-corrected chi connectivity index (χ3v) is 5.57. The van der Waals surface area contributed by atoms with Crippen LogP contribution in [0, 0.1) is 5.82 Å². The molecule has 0 saturated heterocycles. The number of aromatic nitrogens is 3. The molecule has 1 amide bonds. The van der Waals surface area contributed by atoms with Crippen LogP contribution in [0.5, 0.6) is 5.75 Å². The van der Waals surface area contributed by atoms with Gasteiger partial charge in [0.1, 0.15) is 6.61 Å². The van der Waals surface area contributed by atoms with E-state index in [2.05, 4.69) is 15.5 Å². The zero-order valence-electron chi connectivity index (χ0n) is 18.2. The van der Waals surface area contributed by atoms with E-state index in [0.29, 0.717) is 30.7 Å². The van der Waals surface area contributed by atoms with Crippen LogP contribution in [0.15, 0.2) is 59.8 Å². The van der Waals surface area contributed by atoms with Crippen LogP contribution in [0.4, 0.5) is 4.39 Å². The molecule has 32 heavy (non-hydrogen) atoms. The quantitative estimate of drug-likeness (QED) is 0.326. The van der Waals surface area contributed by atoms with Gasteiger partial charge in [0.2, 0.25) is 5.91 Å². The highest BCUT2D eigenvalue weighted by Gasteiger charge is 2.21. The number of halogens is 1. The van der Waals surface area contributed by atoms with Crippen LogP contribution >= 0.6 is 11.8 Å². The van der Waals surface area contributed by atoms with Crippen LogP contribution in [0.1, 0.15) is 26.1 Å². The Balaban J connectivity index is 1.71. The van der Waals surface area contributed by atoms with E-state index in [-0.39, 0.29) is 23.5 Å². The van der Waals surface area contributed by atoms with E-state index in [1.54, 1.807) is 18.2 Å². The normalized spacial score (nSPS) is 11.8. The number of carbonyl (C=O) groups is 1. The van der Waals surface area contributed by atoms with E-state index in [0.717, 1.165) is 12.1 Å². The van der Waals surface area contributed by atoms with Gasteiger partial charge in [0, 0.05) is 25.4 Å². The fraction of sp³-hybridized carbons (Fsp3) is 0.348. The van der Waals surface area contributed by atoms with Crippen LogP contribution in [0.3, 0.4) is 0 Å². The van der Waals surface area contributed by atoms with Crippen molar-refractivity contribution >= 4 is 17.7 Å². The third kappa shape index (κ3) is 6.54. The zero-order valence-corrected chi connectivity index (χ0v) is 19.0. The fourth-order valence-corrected chi connectivity index (χ4v) is 3.81. The number of thioether (sulfide) groups is 1. The Morgan fingerprint density at radius 1 is 1.16 bits per heavy atom. The molecule has 3 aromatic rings. The average molecular weight is 459 g/mol. The molecule has 0 bridgehead atoms. The summed E-state index contributed by atoms with van der Waals surface area (Å²) in [4.78, 5) is 12.5. The largest absolute Gasteiger partial charge is 0.483 e. The van der Waals surface area contributed by atoms with Gasteiger partial charge in [-0.25, -0.2) is 4.39 Å². The molecule has 1 aromatic heterocycles. The maximum absolute atomic E-state index is 13.9. The number of nitrogens with one attached hydrogen (secondary N) is 1. The molecular weight excluding hydrogens is 431 g/mol. The molecule has 0 spiro atoms. The smallest absolute Gasteiger partial charge is 0.233 e. The van der Waals surface area contributed by atoms with E-state index in [4.69, 9.17) is 9.47 Å². The lowest BCUT2D eigenvalue weighted by Gasteiger charge is -2.14. The maximum Gasteiger partial charge on any atom is 0.233 e. The summed E-state index contributed by atoms with van der Waals surface area (Å²) in [6.07, 6.45) is 0.759. The van der Waals surface area contributed by atoms with Gasteiger partial charge in [-0.1, -0.05) is 42.1 Å². The number of rotatable bonds is 12. The van der Waals surface area contributed by atoms with Crippen molar-refractivity contribution in [1.29, 1.82) is 0 Å². The van der Waals surface area contributed by atoms with Gasteiger partial charge >= 0.3 is 0 Å². The Morgan fingerprint density at radius 3 is 2.66 bits per heavy atom. The van der Waals surface area contributed by atoms with Crippen LogP contribution < -0.4 is 10.1 Å². The first-order valence-electron chi connectivity index (χ1n) is 10.5. The minimum Gasteiger partial charge on any atom is -0.483 e. The summed E-state index contributed by atoms with van der Waals surface area (Å²) in [7, 11) is 0. The Labute approximate surface area is 191 Å². The topological polar surface area (TPSA) is 78.3 Å². The van der Waals surface area contributed by atoms with Crippen molar-refractivity contribution in [3.8, 4) is 11.4 Å². The first-order valence-corrected chi connectivity index (χ1v) is 11.4. The Bertz CT molecular complexity index is 1000. The van der Waals surface area contributed by atoms with Crippen molar-refractivity contribution < 1.29 is 18.7 Å². The molecule has 0 aliphatic carbocycles. The number of benzene rings is 2. The maximum atomic E-state index is 13.9. The van der Waals surface area contributed by atoms with Crippen molar-refractivity contribution in [2.45, 2.75) is 37.3 Å². The summed E-state index contributed by atoms with van der Waals surface area (Å²) in [5, 5.41) is 11.6. The number of para-hydroxylation sites is 2. The van der Waals surface area contributed by atoms with Gasteiger partial charge in [-0.15, -0.1) is 10.2 Å². The van der Waals surface area contributed by atoms with Gasteiger partial charge in [0.25, 0.3) is 0 Å². The van der Waals surface area contributed by atoms with Crippen molar-refractivity contribution in [1.82, 2.24) is 20.1 Å². The molecule has 0 aliphatic heterocycles. The first kappa shape index (κ1) is 23.7. The molecule has 9 heteroatoms. The summed E-state index contributed by atoms with van der Waals surface area (Å²) in [6.45, 7) is 5.63. The van der Waals surface area contributed by atoms with E-state index in [1.807, 2.05) is 48.7 Å². The molecule has 1 atom stereocenters. The number of amides is 1. The first-order chi connectivity index (χ1) is 15.6. The second kappa shape index (κ2) is 12.2. The monoisotopic (exact) mass is 458 g/mol. The van der Waals surface area contributed by atoms with Crippen LogP contribution in [0.25, 0.3) is 5.69 Å². The lowest BCUT2D eigenvalue weighted by atomic mass is 10.3. The molecule has 1 heterocycles. The van der Waals surface area contributed by atoms with Gasteiger partial charge in [0.05, 0.1) is 5.25 Å². The number of hydrogen-bond donors (Lipinski definition) is 1. The van der Waals surface area contributed by atoms with Crippen molar-refractivity contribution in [2.75, 3.05) is 19.8 Å². The molecule has 3 rings (SSSR count). The molecule has 7 nitrogen and oxygen atoms in total. The van der Waals surface area contributed by atoms with Gasteiger partial charge in [-0.05, 0) is 44.5 Å². The Hall–Kier alpha value is -2.91. The van der Waals surface area contributed by atoms with Gasteiger partial charge in [0.15, 0.2) is 22.5 Å². The minimum atomic E-state index is -0.442. The lowest BCUT2D eigenvalue weighted by molar-refractivity contribution is -0.120. The van der Waals surface area contributed by atoms with Gasteiger partial charge in [-0.3, -0.25) is 9.36 Å². The number of carbonyl (C=O) groups excluding carboxylic acids is 1. The molecule has 1 N–H and O–H groups in total. The highest BCUT2D eigenvalue weighted by atomic mass is 32.2. The Kier molecular flexibility index (Phi) is 9.06. The molecule has 1 unspecified atom stereocenters. The zero-order chi connectivity index (χ0) is 22.8. The van der Waals surface area contributed by atoms with E-state index in [1.165, 1.54) is 17.8 Å². The minimum absolute atomic E-state index is 0.0292. The molecule has 0 radical (unpaired) electrons. The summed E-state index contributed by atoms with van der Waals surface area (Å²) in [5.41, 5.74) is 0.830. The standard InChI is InChI=1S/C23H27FN4O3S/c1-3-30-15-9-14-25-22(29)17(2)32-23-27-26-21(28(23)18-10-5-4-6-11-18)16-31-20-13-8-7-12-19(20)24/h4-8,10-13,17H,3,9,14-16H2,1-2H3,(H,25,29). The number of nitrogens with zero attached hydrogens (tertiary/aromatic N) is 3. The highest BCUT2D eigenvalue weighted by Crippen LogP contribution is 2.26. The van der Waals surface area contributed by atoms with E-state index < -0.39 is 5.82 Å². The summed E-state index contributed by atoms with van der Waals surface area (Å²) in [5.74, 6) is 0.121. The summed E-state index contributed by atoms with van der Waals surface area (Å²) in [6, 6.07) is 15.8. The van der Waals surface area contributed by atoms with Crippen molar-refractivity contribution in [3.63, 3.8) is 0 Å². The molecule has 0 aliphatic rings. The molecular formula is C23H27FN4O3S. The number of ether oxygens (including phenoxy) is 2. The molecule has 0 saturated carbocycles. The predicted octanol–water partition coefficient (Wildman–Crippen LogP) is 4.01. The molecule has 0 fully saturated rings. The van der Waals surface area contributed by atoms with Crippen molar-refractivity contribution in [3.05, 3.63) is 66.2 Å². The van der Waals surface area contributed by atoms with E-state index >= 15 is 0 Å². The summed E-state index contributed by atoms with van der Waals surface area (Å²) >= 11 is 1.30. The summed E-state index contributed by atoms with van der Waals surface area (Å²) < 4.78 is 26.7. The highest BCUT2D eigenvalue weighted by molar-refractivity contribution is 8.00. The fourth-order valence-electron chi connectivity index (χ4n) is 2.90. The lowest BCUT2D eigenvalue weighted by Crippen LogP contribution is -2.32. The Morgan fingerprint density at radius 2 is 1.91 bits per heavy atom. The SMILES string of the molecule is CCOCCCNC(=O)C(C)Sc1nnc(COc2ccccc2F)n1-c1ccccc1.